The maximum Gasteiger partial charge on any atom is 0.234 e. The summed E-state index contributed by atoms with van der Waals surface area (Å²) in [6, 6.07) is 9.59. The van der Waals surface area contributed by atoms with Crippen LogP contribution in [0.15, 0.2) is 36.5 Å². The summed E-state index contributed by atoms with van der Waals surface area (Å²) in [5.41, 5.74) is 7.26. The molecule has 0 spiro atoms. The zero-order chi connectivity index (χ0) is 14.7. The predicted octanol–water partition coefficient (Wildman–Crippen LogP) is 1.11. The summed E-state index contributed by atoms with van der Waals surface area (Å²) in [6.07, 6.45) is 4.74. The van der Waals surface area contributed by atoms with Gasteiger partial charge in [-0.15, -0.1) is 0 Å². The number of primary amides is 1. The van der Waals surface area contributed by atoms with E-state index in [1.54, 1.807) is 11.0 Å². The molecule has 110 valence electrons. The molecule has 2 aromatic rings. The smallest absolute Gasteiger partial charge is 0.234 e. The Bertz CT molecular complexity index is 610. The van der Waals surface area contributed by atoms with Crippen molar-refractivity contribution in [3.05, 3.63) is 42.2 Å². The summed E-state index contributed by atoms with van der Waals surface area (Å²) in [5.74, 6) is -0.245. The molecule has 1 aliphatic rings. The first-order valence-corrected chi connectivity index (χ1v) is 7.24. The van der Waals surface area contributed by atoms with Gasteiger partial charge < -0.3 is 5.73 Å². The summed E-state index contributed by atoms with van der Waals surface area (Å²) in [4.78, 5) is 15.2. The van der Waals surface area contributed by atoms with Crippen molar-refractivity contribution < 1.29 is 4.79 Å². The van der Waals surface area contributed by atoms with Crippen molar-refractivity contribution in [1.82, 2.24) is 19.9 Å². The molecule has 1 fully saturated rings. The number of rotatable bonds is 4. The number of nitrogens with two attached hydrogens (primary N) is 1. The topological polar surface area (TPSA) is 77.0 Å². The van der Waals surface area contributed by atoms with Gasteiger partial charge in [-0.3, -0.25) is 9.69 Å². The minimum atomic E-state index is -0.245. The van der Waals surface area contributed by atoms with Gasteiger partial charge in [0, 0.05) is 6.54 Å². The lowest BCUT2D eigenvalue weighted by Crippen LogP contribution is -2.47. The van der Waals surface area contributed by atoms with E-state index in [9.17, 15) is 4.79 Å². The standard InChI is InChI=1S/C15H19N5O/c16-15(21)14-8-4-5-9-19(14)11-12-10-17-20(18-12)13-6-2-1-3-7-13/h1-3,6-7,10,14H,4-5,8-9,11H2,(H2,16,21)/t14-/m1/s1. The van der Waals surface area contributed by atoms with Crippen molar-refractivity contribution in [2.24, 2.45) is 5.73 Å². The number of benzene rings is 1. The van der Waals surface area contributed by atoms with Crippen LogP contribution in [-0.2, 0) is 11.3 Å². The van der Waals surface area contributed by atoms with Crippen LogP contribution >= 0.6 is 0 Å². The Hall–Kier alpha value is -2.21. The summed E-state index contributed by atoms with van der Waals surface area (Å²) in [5, 5.41) is 8.76. The van der Waals surface area contributed by atoms with Gasteiger partial charge in [-0.05, 0) is 31.5 Å². The monoisotopic (exact) mass is 285 g/mol. The second-order valence-corrected chi connectivity index (χ2v) is 5.35. The Morgan fingerprint density at radius 1 is 1.29 bits per heavy atom. The highest BCUT2D eigenvalue weighted by Crippen LogP contribution is 2.18. The molecule has 1 amide bonds. The molecule has 1 saturated heterocycles. The minimum Gasteiger partial charge on any atom is -0.368 e. The fourth-order valence-electron chi connectivity index (χ4n) is 2.76. The van der Waals surface area contributed by atoms with Gasteiger partial charge in [-0.1, -0.05) is 24.6 Å². The Kier molecular flexibility index (Phi) is 3.96. The Balaban J connectivity index is 1.73. The van der Waals surface area contributed by atoms with Crippen molar-refractivity contribution in [3.63, 3.8) is 0 Å². The van der Waals surface area contributed by atoms with E-state index in [4.69, 9.17) is 5.73 Å². The zero-order valence-electron chi connectivity index (χ0n) is 11.9. The van der Waals surface area contributed by atoms with Crippen LogP contribution in [0.25, 0.3) is 5.69 Å². The average molecular weight is 285 g/mol. The number of likely N-dealkylation sites (tertiary alicyclic amines) is 1. The molecule has 0 saturated carbocycles. The van der Waals surface area contributed by atoms with E-state index in [0.717, 1.165) is 37.2 Å². The van der Waals surface area contributed by atoms with Crippen molar-refractivity contribution >= 4 is 5.91 Å². The van der Waals surface area contributed by atoms with Gasteiger partial charge in [0.05, 0.1) is 23.6 Å². The number of aromatic nitrogens is 3. The van der Waals surface area contributed by atoms with E-state index < -0.39 is 0 Å². The second kappa shape index (κ2) is 6.05. The third-order valence-corrected chi connectivity index (χ3v) is 3.83. The highest BCUT2D eigenvalue weighted by Gasteiger charge is 2.27. The third kappa shape index (κ3) is 3.11. The Labute approximate surface area is 123 Å². The Morgan fingerprint density at radius 3 is 2.86 bits per heavy atom. The van der Waals surface area contributed by atoms with Crippen molar-refractivity contribution in [2.75, 3.05) is 6.54 Å². The van der Waals surface area contributed by atoms with E-state index in [1.807, 2.05) is 30.3 Å². The molecule has 0 unspecified atom stereocenters. The number of nitrogens with zero attached hydrogens (tertiary/aromatic N) is 4. The van der Waals surface area contributed by atoms with E-state index >= 15 is 0 Å². The molecule has 0 aliphatic carbocycles. The van der Waals surface area contributed by atoms with E-state index in [2.05, 4.69) is 15.1 Å². The van der Waals surface area contributed by atoms with Crippen LogP contribution in [0.2, 0.25) is 0 Å². The number of hydrogen-bond donors (Lipinski definition) is 1. The minimum absolute atomic E-state index is 0.180. The number of carbonyl (C=O) groups is 1. The summed E-state index contributed by atoms with van der Waals surface area (Å²) < 4.78 is 0. The molecule has 3 rings (SSSR count). The molecule has 1 aromatic heterocycles. The normalized spacial score (nSPS) is 19.5. The lowest BCUT2D eigenvalue weighted by Gasteiger charge is -2.32. The first-order chi connectivity index (χ1) is 10.2. The fourth-order valence-corrected chi connectivity index (χ4v) is 2.76. The number of hydrogen-bond acceptors (Lipinski definition) is 4. The van der Waals surface area contributed by atoms with Crippen LogP contribution in [0.1, 0.15) is 25.0 Å². The lowest BCUT2D eigenvalue weighted by molar-refractivity contribution is -0.124. The van der Waals surface area contributed by atoms with Gasteiger partial charge in [0.1, 0.15) is 0 Å². The molecule has 1 aromatic carbocycles. The van der Waals surface area contributed by atoms with Crippen LogP contribution < -0.4 is 5.73 Å². The van der Waals surface area contributed by atoms with Crippen LogP contribution in [0, 0.1) is 0 Å². The first-order valence-electron chi connectivity index (χ1n) is 7.24. The molecule has 0 bridgehead atoms. The van der Waals surface area contributed by atoms with Crippen LogP contribution in [0.4, 0.5) is 0 Å². The van der Waals surface area contributed by atoms with Crippen LogP contribution in [0.5, 0.6) is 0 Å². The van der Waals surface area contributed by atoms with Crippen molar-refractivity contribution in [3.8, 4) is 5.69 Å². The maximum atomic E-state index is 11.5. The molecule has 6 nitrogen and oxygen atoms in total. The average Bonchev–Trinajstić information content (AvgIpc) is 2.97. The fraction of sp³-hybridized carbons (Fsp3) is 0.400. The maximum absolute atomic E-state index is 11.5. The van der Waals surface area contributed by atoms with Gasteiger partial charge in [0.2, 0.25) is 5.91 Å². The van der Waals surface area contributed by atoms with Gasteiger partial charge in [-0.2, -0.15) is 15.0 Å². The summed E-state index contributed by atoms with van der Waals surface area (Å²) in [6.45, 7) is 1.49. The van der Waals surface area contributed by atoms with E-state index in [-0.39, 0.29) is 11.9 Å². The second-order valence-electron chi connectivity index (χ2n) is 5.35. The molecule has 1 aliphatic heterocycles. The summed E-state index contributed by atoms with van der Waals surface area (Å²) >= 11 is 0. The van der Waals surface area contributed by atoms with Gasteiger partial charge in [0.25, 0.3) is 0 Å². The quantitative estimate of drug-likeness (QED) is 0.912. The number of amides is 1. The van der Waals surface area contributed by atoms with Crippen LogP contribution in [-0.4, -0.2) is 38.4 Å². The van der Waals surface area contributed by atoms with Crippen LogP contribution in [0.3, 0.4) is 0 Å². The SMILES string of the molecule is NC(=O)[C@H]1CCCCN1Cc1cnn(-c2ccccc2)n1. The van der Waals surface area contributed by atoms with Gasteiger partial charge in [0.15, 0.2) is 0 Å². The van der Waals surface area contributed by atoms with Gasteiger partial charge >= 0.3 is 0 Å². The van der Waals surface area contributed by atoms with Crippen molar-refractivity contribution in [2.45, 2.75) is 31.8 Å². The largest absolute Gasteiger partial charge is 0.368 e. The van der Waals surface area contributed by atoms with Crippen molar-refractivity contribution in [1.29, 1.82) is 0 Å². The molecule has 1 atom stereocenters. The third-order valence-electron chi connectivity index (χ3n) is 3.83. The molecule has 6 heteroatoms. The van der Waals surface area contributed by atoms with Gasteiger partial charge in [-0.25, -0.2) is 0 Å². The number of carbonyl (C=O) groups excluding carboxylic acids is 1. The molecule has 2 heterocycles. The number of para-hydroxylation sites is 1. The number of piperidine rings is 1. The Morgan fingerprint density at radius 2 is 2.10 bits per heavy atom. The first kappa shape index (κ1) is 13.8. The summed E-state index contributed by atoms with van der Waals surface area (Å²) in [7, 11) is 0. The highest BCUT2D eigenvalue weighted by molar-refractivity contribution is 5.79. The van der Waals surface area contributed by atoms with E-state index in [1.165, 1.54) is 0 Å². The molecular weight excluding hydrogens is 266 g/mol. The van der Waals surface area contributed by atoms with E-state index in [0.29, 0.717) is 6.54 Å². The molecule has 0 radical (unpaired) electrons. The molecule has 2 N–H and O–H groups in total. The lowest BCUT2D eigenvalue weighted by atomic mass is 10.0. The molecule has 21 heavy (non-hydrogen) atoms. The molecular formula is C15H19N5O. The zero-order valence-corrected chi connectivity index (χ0v) is 11.9. The predicted molar refractivity (Wildman–Crippen MR) is 78.6 cm³/mol. The highest BCUT2D eigenvalue weighted by atomic mass is 16.1.